The molecular weight excluding hydrogens is 248 g/mol. The molecule has 0 saturated heterocycles. The summed E-state index contributed by atoms with van der Waals surface area (Å²) in [5, 5.41) is 6.70. The summed E-state index contributed by atoms with van der Waals surface area (Å²) in [6.07, 6.45) is 5.90. The predicted octanol–water partition coefficient (Wildman–Crippen LogP) is 2.89. The van der Waals surface area contributed by atoms with Gasteiger partial charge in [0.25, 0.3) is 0 Å². The summed E-state index contributed by atoms with van der Waals surface area (Å²) in [6.45, 7) is 0.892. The summed E-state index contributed by atoms with van der Waals surface area (Å²) in [5.41, 5.74) is 2.50. The van der Waals surface area contributed by atoms with Crippen molar-refractivity contribution in [3.63, 3.8) is 0 Å². The molecule has 3 nitrogen and oxygen atoms in total. The van der Waals surface area contributed by atoms with Crippen molar-refractivity contribution in [1.82, 2.24) is 5.32 Å². The predicted molar refractivity (Wildman–Crippen MR) is 79.7 cm³/mol. The zero-order chi connectivity index (χ0) is 13.5. The monoisotopic (exact) mass is 270 g/mol. The van der Waals surface area contributed by atoms with Crippen LogP contribution in [0.1, 0.15) is 43.6 Å². The van der Waals surface area contributed by atoms with Crippen LogP contribution < -0.4 is 10.6 Å². The number of hydrogen-bond acceptors (Lipinski definition) is 2. The lowest BCUT2D eigenvalue weighted by Gasteiger charge is -2.23. The Morgan fingerprint density at radius 3 is 2.95 bits per heavy atom. The molecule has 0 aromatic heterocycles. The minimum atomic E-state index is 0.242. The number of amides is 1. The Morgan fingerprint density at radius 1 is 1.25 bits per heavy atom. The maximum absolute atomic E-state index is 12.3. The third kappa shape index (κ3) is 2.09. The van der Waals surface area contributed by atoms with Crippen LogP contribution in [-0.4, -0.2) is 18.5 Å². The molecule has 2 aliphatic carbocycles. The van der Waals surface area contributed by atoms with Gasteiger partial charge in [0.1, 0.15) is 0 Å². The molecule has 0 radical (unpaired) electrons. The second kappa shape index (κ2) is 4.80. The molecule has 1 aromatic carbocycles. The number of anilines is 1. The second-order valence-electron chi connectivity index (χ2n) is 6.72. The van der Waals surface area contributed by atoms with Crippen LogP contribution >= 0.6 is 0 Å². The number of para-hydroxylation sites is 1. The second-order valence-corrected chi connectivity index (χ2v) is 6.72. The van der Waals surface area contributed by atoms with E-state index in [0.29, 0.717) is 18.4 Å². The Labute approximate surface area is 120 Å². The van der Waals surface area contributed by atoms with Crippen molar-refractivity contribution >= 4 is 11.6 Å². The van der Waals surface area contributed by atoms with E-state index in [1.165, 1.54) is 36.9 Å². The Bertz CT molecular complexity index is 527. The number of nitrogens with one attached hydrogen (secondary N) is 2. The highest BCUT2D eigenvalue weighted by Gasteiger charge is 2.40. The molecule has 1 amide bonds. The molecule has 20 heavy (non-hydrogen) atoms. The molecule has 0 spiro atoms. The van der Waals surface area contributed by atoms with Gasteiger partial charge in [0.2, 0.25) is 5.91 Å². The van der Waals surface area contributed by atoms with Crippen molar-refractivity contribution in [2.75, 3.05) is 11.9 Å². The van der Waals surface area contributed by atoms with Crippen molar-refractivity contribution in [2.24, 2.45) is 11.8 Å². The standard InChI is InChI=1S/C17H22N2O/c20-17(19-16-8-11-5-6-12(16)7-11)9-13-10-18-15-4-2-1-3-14(13)15/h1-4,11-13,16,18H,5-10H2,(H,19,20). The molecule has 2 saturated carbocycles. The lowest BCUT2D eigenvalue weighted by Crippen LogP contribution is -2.39. The summed E-state index contributed by atoms with van der Waals surface area (Å²) in [7, 11) is 0. The summed E-state index contributed by atoms with van der Waals surface area (Å²) in [6, 6.07) is 8.82. The van der Waals surface area contributed by atoms with Gasteiger partial charge in [0.15, 0.2) is 0 Å². The SMILES string of the molecule is O=C(CC1CNc2ccccc21)NC1CC2CCC1C2. The van der Waals surface area contributed by atoms with Crippen LogP contribution in [0.2, 0.25) is 0 Å². The Kier molecular flexibility index (Phi) is 2.94. The Hall–Kier alpha value is -1.51. The van der Waals surface area contributed by atoms with Crippen LogP contribution in [0, 0.1) is 11.8 Å². The first-order chi connectivity index (χ1) is 9.79. The van der Waals surface area contributed by atoms with Gasteiger partial charge in [-0.15, -0.1) is 0 Å². The van der Waals surface area contributed by atoms with E-state index in [1.54, 1.807) is 0 Å². The number of benzene rings is 1. The molecule has 3 aliphatic rings. The molecule has 4 unspecified atom stereocenters. The van der Waals surface area contributed by atoms with Gasteiger partial charge < -0.3 is 10.6 Å². The first-order valence-electron chi connectivity index (χ1n) is 7.92. The van der Waals surface area contributed by atoms with Crippen molar-refractivity contribution in [3.8, 4) is 0 Å². The number of carbonyl (C=O) groups is 1. The topological polar surface area (TPSA) is 41.1 Å². The average Bonchev–Trinajstić information content (AvgIpc) is 3.14. The third-order valence-electron chi connectivity index (χ3n) is 5.46. The highest BCUT2D eigenvalue weighted by atomic mass is 16.1. The summed E-state index contributed by atoms with van der Waals surface area (Å²) in [5.74, 6) is 2.23. The average molecular weight is 270 g/mol. The third-order valence-corrected chi connectivity index (χ3v) is 5.46. The largest absolute Gasteiger partial charge is 0.384 e. The molecular formula is C17H22N2O. The molecule has 1 aliphatic heterocycles. The van der Waals surface area contributed by atoms with Crippen molar-refractivity contribution in [2.45, 2.75) is 44.1 Å². The zero-order valence-electron chi connectivity index (χ0n) is 11.8. The van der Waals surface area contributed by atoms with E-state index < -0.39 is 0 Å². The van der Waals surface area contributed by atoms with Gasteiger partial charge in [-0.3, -0.25) is 4.79 Å². The Morgan fingerprint density at radius 2 is 2.15 bits per heavy atom. The molecule has 3 heteroatoms. The first-order valence-corrected chi connectivity index (χ1v) is 7.92. The van der Waals surface area contributed by atoms with Gasteiger partial charge in [-0.1, -0.05) is 24.6 Å². The van der Waals surface area contributed by atoms with Gasteiger partial charge in [0.05, 0.1) is 0 Å². The molecule has 4 rings (SSSR count). The van der Waals surface area contributed by atoms with E-state index in [2.05, 4.69) is 28.8 Å². The van der Waals surface area contributed by atoms with Crippen LogP contribution in [0.4, 0.5) is 5.69 Å². The maximum atomic E-state index is 12.3. The summed E-state index contributed by atoms with van der Waals surface area (Å²) >= 11 is 0. The van der Waals surface area contributed by atoms with Crippen LogP contribution in [0.5, 0.6) is 0 Å². The maximum Gasteiger partial charge on any atom is 0.220 e. The Balaban J connectivity index is 1.37. The van der Waals surface area contributed by atoms with Gasteiger partial charge >= 0.3 is 0 Å². The lowest BCUT2D eigenvalue weighted by atomic mass is 9.94. The van der Waals surface area contributed by atoms with Crippen LogP contribution in [0.15, 0.2) is 24.3 Å². The van der Waals surface area contributed by atoms with E-state index in [-0.39, 0.29) is 5.91 Å². The van der Waals surface area contributed by atoms with Gasteiger partial charge in [-0.25, -0.2) is 0 Å². The van der Waals surface area contributed by atoms with Crippen LogP contribution in [0.25, 0.3) is 0 Å². The minimum absolute atomic E-state index is 0.242. The van der Waals surface area contributed by atoms with E-state index in [4.69, 9.17) is 0 Å². The molecule has 106 valence electrons. The van der Waals surface area contributed by atoms with Gasteiger partial charge in [-0.05, 0) is 42.7 Å². The summed E-state index contributed by atoms with van der Waals surface area (Å²) in [4.78, 5) is 12.3. The molecule has 2 bridgehead atoms. The zero-order valence-corrected chi connectivity index (χ0v) is 11.8. The minimum Gasteiger partial charge on any atom is -0.384 e. The normalized spacial score (nSPS) is 33.8. The fraction of sp³-hybridized carbons (Fsp3) is 0.588. The molecule has 1 aromatic rings. The van der Waals surface area contributed by atoms with Gasteiger partial charge in [-0.2, -0.15) is 0 Å². The first kappa shape index (κ1) is 12.2. The summed E-state index contributed by atoms with van der Waals surface area (Å²) < 4.78 is 0. The van der Waals surface area contributed by atoms with Crippen LogP contribution in [0.3, 0.4) is 0 Å². The molecule has 2 N–H and O–H groups in total. The van der Waals surface area contributed by atoms with Crippen molar-refractivity contribution in [1.29, 1.82) is 0 Å². The quantitative estimate of drug-likeness (QED) is 0.886. The molecule has 1 heterocycles. The number of hydrogen-bond donors (Lipinski definition) is 2. The van der Waals surface area contributed by atoms with E-state index >= 15 is 0 Å². The van der Waals surface area contributed by atoms with Gasteiger partial charge in [0, 0.05) is 30.6 Å². The van der Waals surface area contributed by atoms with Crippen LogP contribution in [-0.2, 0) is 4.79 Å². The van der Waals surface area contributed by atoms with Crippen molar-refractivity contribution < 1.29 is 4.79 Å². The molecule has 4 atom stereocenters. The van der Waals surface area contributed by atoms with E-state index in [9.17, 15) is 4.79 Å². The number of rotatable bonds is 3. The number of carbonyl (C=O) groups excluding carboxylic acids is 1. The highest BCUT2D eigenvalue weighted by molar-refractivity contribution is 5.78. The number of fused-ring (bicyclic) bond motifs is 3. The highest BCUT2D eigenvalue weighted by Crippen LogP contribution is 2.44. The smallest absolute Gasteiger partial charge is 0.220 e. The van der Waals surface area contributed by atoms with Crippen molar-refractivity contribution in [3.05, 3.63) is 29.8 Å². The fourth-order valence-electron chi connectivity index (χ4n) is 4.45. The molecule has 2 fully saturated rings. The van der Waals surface area contributed by atoms with E-state index in [0.717, 1.165) is 18.4 Å². The van der Waals surface area contributed by atoms with E-state index in [1.807, 2.05) is 6.07 Å². The fourth-order valence-corrected chi connectivity index (χ4v) is 4.45. The lowest BCUT2D eigenvalue weighted by molar-refractivity contribution is -0.122.